The summed E-state index contributed by atoms with van der Waals surface area (Å²) < 4.78 is 52.0. The van der Waals surface area contributed by atoms with Crippen LogP contribution in [0.4, 0.5) is 28.0 Å². The molecule has 2 amide bonds. The molecule has 0 aliphatic carbocycles. The Kier molecular flexibility index (Phi) is 5.11. The van der Waals surface area contributed by atoms with E-state index in [1.165, 1.54) is 47.6 Å². The Morgan fingerprint density at radius 3 is 2.43 bits per heavy atom. The standard InChI is InChI=1S/C21H16F4N4O/c22-16-5-7-17(8-6-16)28-20(30)29-10-9-14-11-26-12-27-18(14)19(29)13-1-3-15(4-2-13)21(23,24)25/h1-8,11-12,19H,9-10H2,(H,28,30). The third kappa shape index (κ3) is 3.96. The zero-order valence-corrected chi connectivity index (χ0v) is 15.5. The van der Waals surface area contributed by atoms with E-state index in [1.807, 2.05) is 0 Å². The predicted octanol–water partition coefficient (Wildman–Crippen LogP) is 4.81. The Bertz CT molecular complexity index is 1050. The maximum absolute atomic E-state index is 13.1. The molecule has 0 fully saturated rings. The van der Waals surface area contributed by atoms with E-state index in [0.717, 1.165) is 17.7 Å². The normalized spacial score (nSPS) is 16.1. The molecule has 1 atom stereocenters. The third-order valence-electron chi connectivity index (χ3n) is 4.93. The monoisotopic (exact) mass is 416 g/mol. The van der Waals surface area contributed by atoms with Gasteiger partial charge in [0.2, 0.25) is 0 Å². The highest BCUT2D eigenvalue weighted by molar-refractivity contribution is 5.90. The summed E-state index contributed by atoms with van der Waals surface area (Å²) >= 11 is 0. The summed E-state index contributed by atoms with van der Waals surface area (Å²) in [6.45, 7) is 0.319. The van der Waals surface area contributed by atoms with Crippen LogP contribution in [0.25, 0.3) is 0 Å². The summed E-state index contributed by atoms with van der Waals surface area (Å²) in [7, 11) is 0. The van der Waals surface area contributed by atoms with Gasteiger partial charge in [0.1, 0.15) is 18.2 Å². The van der Waals surface area contributed by atoms with Gasteiger partial charge in [0, 0.05) is 18.4 Å². The highest BCUT2D eigenvalue weighted by Gasteiger charge is 2.35. The molecule has 1 aliphatic heterocycles. The van der Waals surface area contributed by atoms with Crippen molar-refractivity contribution in [2.45, 2.75) is 18.6 Å². The molecule has 0 bridgehead atoms. The van der Waals surface area contributed by atoms with Gasteiger partial charge >= 0.3 is 12.2 Å². The van der Waals surface area contributed by atoms with Crippen molar-refractivity contribution in [2.75, 3.05) is 11.9 Å². The number of nitrogens with zero attached hydrogens (tertiary/aromatic N) is 3. The van der Waals surface area contributed by atoms with Gasteiger partial charge in [-0.2, -0.15) is 13.2 Å². The zero-order chi connectivity index (χ0) is 21.3. The molecular weight excluding hydrogens is 400 g/mol. The summed E-state index contributed by atoms with van der Waals surface area (Å²) in [4.78, 5) is 22.8. The van der Waals surface area contributed by atoms with E-state index in [9.17, 15) is 22.4 Å². The fraction of sp³-hybridized carbons (Fsp3) is 0.190. The number of alkyl halides is 3. The number of urea groups is 1. The first kappa shape index (κ1) is 19.8. The fourth-order valence-electron chi connectivity index (χ4n) is 3.46. The first-order chi connectivity index (χ1) is 14.3. The molecular formula is C21H16F4N4O. The minimum absolute atomic E-state index is 0.319. The van der Waals surface area contributed by atoms with Gasteiger partial charge in [-0.3, -0.25) is 0 Å². The lowest BCUT2D eigenvalue weighted by molar-refractivity contribution is -0.137. The van der Waals surface area contributed by atoms with Crippen LogP contribution in [0.1, 0.15) is 28.4 Å². The van der Waals surface area contributed by atoms with E-state index in [0.29, 0.717) is 29.9 Å². The average molecular weight is 416 g/mol. The maximum atomic E-state index is 13.1. The van der Waals surface area contributed by atoms with Gasteiger partial charge in [-0.25, -0.2) is 19.2 Å². The fourth-order valence-corrected chi connectivity index (χ4v) is 3.46. The Morgan fingerprint density at radius 2 is 1.77 bits per heavy atom. The quantitative estimate of drug-likeness (QED) is 0.610. The number of hydrogen-bond donors (Lipinski definition) is 1. The number of benzene rings is 2. The van der Waals surface area contributed by atoms with Crippen molar-refractivity contribution in [3.05, 3.63) is 89.3 Å². The molecule has 3 aromatic rings. The molecule has 9 heteroatoms. The van der Waals surface area contributed by atoms with Crippen molar-refractivity contribution < 1.29 is 22.4 Å². The summed E-state index contributed by atoms with van der Waals surface area (Å²) in [5.41, 5.74) is 1.52. The van der Waals surface area contributed by atoms with Gasteiger partial charge in [-0.15, -0.1) is 0 Å². The van der Waals surface area contributed by atoms with Crippen LogP contribution in [0.2, 0.25) is 0 Å². The molecule has 30 heavy (non-hydrogen) atoms. The molecule has 4 rings (SSSR count). The lowest BCUT2D eigenvalue weighted by atomic mass is 9.93. The molecule has 0 saturated heterocycles. The molecule has 1 aromatic heterocycles. The van der Waals surface area contributed by atoms with Gasteiger partial charge in [0.25, 0.3) is 0 Å². The highest BCUT2D eigenvalue weighted by atomic mass is 19.4. The average Bonchev–Trinajstić information content (AvgIpc) is 2.74. The van der Waals surface area contributed by atoms with Crippen molar-refractivity contribution in [3.8, 4) is 0 Å². The Hall–Kier alpha value is -3.49. The number of hydrogen-bond acceptors (Lipinski definition) is 3. The van der Waals surface area contributed by atoms with Crippen molar-refractivity contribution >= 4 is 11.7 Å². The Morgan fingerprint density at radius 1 is 1.07 bits per heavy atom. The summed E-state index contributed by atoms with van der Waals surface area (Å²) in [5, 5.41) is 2.70. The molecule has 1 unspecified atom stereocenters. The summed E-state index contributed by atoms with van der Waals surface area (Å²) in [6, 6.07) is 8.84. The van der Waals surface area contributed by atoms with Crippen LogP contribution in [0.15, 0.2) is 61.1 Å². The van der Waals surface area contributed by atoms with E-state index < -0.39 is 29.6 Å². The molecule has 0 spiro atoms. The van der Waals surface area contributed by atoms with Crippen LogP contribution in [-0.2, 0) is 12.6 Å². The van der Waals surface area contributed by atoms with Crippen LogP contribution >= 0.6 is 0 Å². The van der Waals surface area contributed by atoms with Gasteiger partial charge in [-0.05, 0) is 53.9 Å². The van der Waals surface area contributed by atoms with Crippen LogP contribution in [0, 0.1) is 5.82 Å². The van der Waals surface area contributed by atoms with Crippen LogP contribution in [0.3, 0.4) is 0 Å². The molecule has 154 valence electrons. The topological polar surface area (TPSA) is 58.1 Å². The first-order valence-electron chi connectivity index (χ1n) is 9.12. The van der Waals surface area contributed by atoms with Crippen molar-refractivity contribution in [2.24, 2.45) is 0 Å². The first-order valence-corrected chi connectivity index (χ1v) is 9.12. The van der Waals surface area contributed by atoms with Crippen molar-refractivity contribution in [1.82, 2.24) is 14.9 Å². The number of rotatable bonds is 2. The van der Waals surface area contributed by atoms with E-state index in [2.05, 4.69) is 15.3 Å². The number of carbonyl (C=O) groups is 1. The van der Waals surface area contributed by atoms with E-state index >= 15 is 0 Å². The summed E-state index contributed by atoms with van der Waals surface area (Å²) in [5.74, 6) is -0.431. The predicted molar refractivity (Wildman–Crippen MR) is 101 cm³/mol. The second kappa shape index (κ2) is 7.74. The zero-order valence-electron chi connectivity index (χ0n) is 15.5. The molecule has 2 heterocycles. The number of fused-ring (bicyclic) bond motifs is 1. The molecule has 2 aromatic carbocycles. The van der Waals surface area contributed by atoms with E-state index in [4.69, 9.17) is 0 Å². The number of aromatic nitrogens is 2. The Labute approximate surface area is 169 Å². The SMILES string of the molecule is O=C(Nc1ccc(F)cc1)N1CCc2cncnc2C1c1ccc(C(F)(F)F)cc1. The van der Waals surface area contributed by atoms with E-state index in [-0.39, 0.29) is 0 Å². The third-order valence-corrected chi connectivity index (χ3v) is 4.93. The second-order valence-corrected chi connectivity index (χ2v) is 6.84. The maximum Gasteiger partial charge on any atom is 0.416 e. The molecule has 1 aliphatic rings. The lowest BCUT2D eigenvalue weighted by Crippen LogP contribution is -2.43. The van der Waals surface area contributed by atoms with Gasteiger partial charge in [0.05, 0.1) is 11.3 Å². The molecule has 1 N–H and O–H groups in total. The smallest absolute Gasteiger partial charge is 0.311 e. The van der Waals surface area contributed by atoms with Crippen LogP contribution in [-0.4, -0.2) is 27.4 Å². The van der Waals surface area contributed by atoms with Gasteiger partial charge < -0.3 is 10.2 Å². The number of nitrogens with one attached hydrogen (secondary N) is 1. The van der Waals surface area contributed by atoms with E-state index in [1.54, 1.807) is 6.20 Å². The largest absolute Gasteiger partial charge is 0.416 e. The minimum atomic E-state index is -4.45. The number of anilines is 1. The van der Waals surface area contributed by atoms with Gasteiger partial charge in [0.15, 0.2) is 0 Å². The lowest BCUT2D eigenvalue weighted by Gasteiger charge is -2.36. The molecule has 0 saturated carbocycles. The number of halogens is 4. The van der Waals surface area contributed by atoms with Gasteiger partial charge in [-0.1, -0.05) is 12.1 Å². The highest BCUT2D eigenvalue weighted by Crippen LogP contribution is 2.36. The summed E-state index contributed by atoms with van der Waals surface area (Å²) in [6.07, 6.45) is -0.957. The van der Waals surface area contributed by atoms with Crippen LogP contribution < -0.4 is 5.32 Å². The minimum Gasteiger partial charge on any atom is -0.311 e. The van der Waals surface area contributed by atoms with Crippen LogP contribution in [0.5, 0.6) is 0 Å². The molecule has 5 nitrogen and oxygen atoms in total. The second-order valence-electron chi connectivity index (χ2n) is 6.84. The molecule has 0 radical (unpaired) electrons. The number of amides is 2. The van der Waals surface area contributed by atoms with Crippen molar-refractivity contribution in [3.63, 3.8) is 0 Å². The Balaban J connectivity index is 1.68. The van der Waals surface area contributed by atoms with Crippen molar-refractivity contribution in [1.29, 1.82) is 0 Å². The number of carbonyl (C=O) groups excluding carboxylic acids is 1.